The fourth-order valence-corrected chi connectivity index (χ4v) is 1.75. The Bertz CT molecular complexity index is 449. The van der Waals surface area contributed by atoms with Gasteiger partial charge in [-0.25, -0.2) is 9.50 Å². The molecular formula is C9H11BrN4. The van der Waals surface area contributed by atoms with Crippen molar-refractivity contribution in [3.8, 4) is 0 Å². The summed E-state index contributed by atoms with van der Waals surface area (Å²) < 4.78 is 2.34. The lowest BCUT2D eigenvalue weighted by molar-refractivity contribution is 0.736. The van der Waals surface area contributed by atoms with Crippen molar-refractivity contribution < 1.29 is 0 Å². The minimum atomic E-state index is 0.170. The van der Waals surface area contributed by atoms with Gasteiger partial charge in [-0.15, -0.1) is 5.10 Å². The summed E-state index contributed by atoms with van der Waals surface area (Å²) in [7, 11) is 0. The molecule has 0 fully saturated rings. The molecule has 0 aromatic carbocycles. The first-order valence-corrected chi connectivity index (χ1v) is 5.21. The first-order valence-electron chi connectivity index (χ1n) is 4.41. The molecule has 0 saturated carbocycles. The van der Waals surface area contributed by atoms with Gasteiger partial charge in [-0.3, -0.25) is 0 Å². The molecule has 0 bridgehead atoms. The third kappa shape index (κ3) is 1.93. The van der Waals surface area contributed by atoms with E-state index in [-0.39, 0.29) is 6.04 Å². The Morgan fingerprint density at radius 3 is 3.14 bits per heavy atom. The molecule has 0 aliphatic carbocycles. The number of nitrogens with zero attached hydrogens (tertiary/aromatic N) is 3. The van der Waals surface area contributed by atoms with Crippen molar-refractivity contribution in [1.82, 2.24) is 14.6 Å². The van der Waals surface area contributed by atoms with E-state index in [2.05, 4.69) is 26.0 Å². The highest BCUT2D eigenvalue weighted by Gasteiger charge is 2.03. The summed E-state index contributed by atoms with van der Waals surface area (Å²) in [6.07, 6.45) is 2.76. The second kappa shape index (κ2) is 3.67. The van der Waals surface area contributed by atoms with E-state index in [9.17, 15) is 0 Å². The molecule has 2 aromatic rings. The smallest absolute Gasteiger partial charge is 0.218 e. The zero-order valence-electron chi connectivity index (χ0n) is 7.81. The third-order valence-electron chi connectivity index (χ3n) is 1.93. The number of hydrogen-bond acceptors (Lipinski definition) is 3. The number of nitrogens with two attached hydrogens (primary N) is 1. The van der Waals surface area contributed by atoms with E-state index in [1.54, 1.807) is 4.52 Å². The molecular weight excluding hydrogens is 244 g/mol. The second-order valence-electron chi connectivity index (χ2n) is 3.40. The first kappa shape index (κ1) is 9.61. The molecule has 2 N–H and O–H groups in total. The van der Waals surface area contributed by atoms with Crippen LogP contribution in [0.5, 0.6) is 0 Å². The van der Waals surface area contributed by atoms with E-state index in [4.69, 9.17) is 5.73 Å². The molecule has 0 amide bonds. The second-order valence-corrected chi connectivity index (χ2v) is 4.11. The fourth-order valence-electron chi connectivity index (χ4n) is 1.40. The van der Waals surface area contributed by atoms with E-state index in [0.29, 0.717) is 4.73 Å². The highest BCUT2D eigenvalue weighted by atomic mass is 79.9. The Morgan fingerprint density at radius 2 is 2.43 bits per heavy atom. The lowest BCUT2D eigenvalue weighted by Gasteiger charge is -2.04. The van der Waals surface area contributed by atoms with Crippen molar-refractivity contribution in [2.75, 3.05) is 0 Å². The van der Waals surface area contributed by atoms with Crippen LogP contribution in [0.25, 0.3) is 5.65 Å². The molecule has 0 aliphatic heterocycles. The fraction of sp³-hybridized carbons (Fsp3) is 0.333. The van der Waals surface area contributed by atoms with Gasteiger partial charge in [0.05, 0.1) is 0 Å². The van der Waals surface area contributed by atoms with Crippen molar-refractivity contribution >= 4 is 21.6 Å². The van der Waals surface area contributed by atoms with Crippen LogP contribution < -0.4 is 5.73 Å². The van der Waals surface area contributed by atoms with E-state index >= 15 is 0 Å². The minimum Gasteiger partial charge on any atom is -0.328 e. The zero-order chi connectivity index (χ0) is 10.1. The molecule has 0 radical (unpaired) electrons. The Hall–Kier alpha value is -0.940. The average Bonchev–Trinajstić information content (AvgIpc) is 2.42. The molecule has 14 heavy (non-hydrogen) atoms. The van der Waals surface area contributed by atoms with E-state index in [0.717, 1.165) is 12.1 Å². The predicted molar refractivity (Wildman–Crippen MR) is 58.0 cm³/mol. The van der Waals surface area contributed by atoms with Crippen LogP contribution in [-0.4, -0.2) is 20.6 Å². The number of hydrogen-bond donors (Lipinski definition) is 1. The minimum absolute atomic E-state index is 0.170. The Labute approximate surface area is 90.3 Å². The molecule has 2 heterocycles. The Balaban J connectivity index is 2.40. The Kier molecular flexibility index (Phi) is 2.52. The summed E-state index contributed by atoms with van der Waals surface area (Å²) in [5.74, 6) is 0. The first-order chi connectivity index (χ1) is 6.65. The van der Waals surface area contributed by atoms with Crippen molar-refractivity contribution in [2.45, 2.75) is 19.4 Å². The molecule has 0 aliphatic rings. The molecule has 2 rings (SSSR count). The molecule has 2 aromatic heterocycles. The van der Waals surface area contributed by atoms with E-state index in [1.165, 1.54) is 5.56 Å². The highest BCUT2D eigenvalue weighted by molar-refractivity contribution is 9.10. The summed E-state index contributed by atoms with van der Waals surface area (Å²) in [6.45, 7) is 1.99. The predicted octanol–water partition coefficient (Wildman–Crippen LogP) is 1.38. The van der Waals surface area contributed by atoms with Crippen LogP contribution in [0.2, 0.25) is 0 Å². The summed E-state index contributed by atoms with van der Waals surface area (Å²) >= 11 is 3.23. The lowest BCUT2D eigenvalue weighted by atomic mass is 10.1. The third-order valence-corrected chi connectivity index (χ3v) is 2.27. The largest absolute Gasteiger partial charge is 0.328 e. The van der Waals surface area contributed by atoms with Gasteiger partial charge in [0, 0.05) is 12.2 Å². The van der Waals surface area contributed by atoms with Gasteiger partial charge >= 0.3 is 0 Å². The van der Waals surface area contributed by atoms with Gasteiger partial charge in [-0.1, -0.05) is 0 Å². The molecule has 0 spiro atoms. The highest BCUT2D eigenvalue weighted by Crippen LogP contribution is 2.10. The van der Waals surface area contributed by atoms with Crippen LogP contribution in [-0.2, 0) is 6.42 Å². The monoisotopic (exact) mass is 254 g/mol. The van der Waals surface area contributed by atoms with Crippen LogP contribution in [0.15, 0.2) is 23.1 Å². The molecule has 0 saturated heterocycles. The Morgan fingerprint density at radius 1 is 1.64 bits per heavy atom. The van der Waals surface area contributed by atoms with Crippen LogP contribution in [0.4, 0.5) is 0 Å². The standard InChI is InChI=1S/C9H11BrN4/c1-6(11)4-7-2-3-14-8(5-7)12-9(10)13-14/h2-3,5-6H,4,11H2,1H3. The molecule has 5 heteroatoms. The molecule has 1 atom stereocenters. The maximum absolute atomic E-state index is 5.72. The van der Waals surface area contributed by atoms with Crippen LogP contribution in [0.1, 0.15) is 12.5 Å². The average molecular weight is 255 g/mol. The van der Waals surface area contributed by atoms with Crippen LogP contribution in [0, 0.1) is 0 Å². The molecule has 4 nitrogen and oxygen atoms in total. The van der Waals surface area contributed by atoms with Gasteiger partial charge in [0.2, 0.25) is 4.73 Å². The maximum atomic E-state index is 5.72. The zero-order valence-corrected chi connectivity index (χ0v) is 9.40. The summed E-state index contributed by atoms with van der Waals surface area (Å²) in [5.41, 5.74) is 7.75. The maximum Gasteiger partial charge on any atom is 0.218 e. The number of rotatable bonds is 2. The van der Waals surface area contributed by atoms with Crippen molar-refractivity contribution in [3.63, 3.8) is 0 Å². The van der Waals surface area contributed by atoms with Gasteiger partial charge in [-0.2, -0.15) is 0 Å². The van der Waals surface area contributed by atoms with Gasteiger partial charge in [0.1, 0.15) is 0 Å². The molecule has 74 valence electrons. The van der Waals surface area contributed by atoms with Crippen molar-refractivity contribution in [1.29, 1.82) is 0 Å². The van der Waals surface area contributed by atoms with Crippen molar-refractivity contribution in [3.05, 3.63) is 28.6 Å². The summed E-state index contributed by atoms with van der Waals surface area (Å²) in [5, 5.41) is 4.12. The molecule has 1 unspecified atom stereocenters. The quantitative estimate of drug-likeness (QED) is 0.882. The van der Waals surface area contributed by atoms with Gasteiger partial charge in [-0.05, 0) is 47.0 Å². The number of fused-ring (bicyclic) bond motifs is 1. The number of halogens is 1. The number of pyridine rings is 1. The number of aromatic nitrogens is 3. The van der Waals surface area contributed by atoms with Crippen molar-refractivity contribution in [2.24, 2.45) is 5.73 Å². The lowest BCUT2D eigenvalue weighted by Crippen LogP contribution is -2.17. The normalized spacial score (nSPS) is 13.4. The van der Waals surface area contributed by atoms with E-state index in [1.807, 2.05) is 25.3 Å². The van der Waals surface area contributed by atoms with E-state index < -0.39 is 0 Å². The van der Waals surface area contributed by atoms with Gasteiger partial charge < -0.3 is 5.73 Å². The summed E-state index contributed by atoms with van der Waals surface area (Å²) in [6, 6.07) is 4.18. The van der Waals surface area contributed by atoms with Gasteiger partial charge in [0.25, 0.3) is 0 Å². The van der Waals surface area contributed by atoms with Crippen LogP contribution >= 0.6 is 15.9 Å². The summed E-state index contributed by atoms with van der Waals surface area (Å²) in [4.78, 5) is 4.21. The van der Waals surface area contributed by atoms with Crippen LogP contribution in [0.3, 0.4) is 0 Å². The SMILES string of the molecule is CC(N)Cc1ccn2nc(Br)nc2c1. The topological polar surface area (TPSA) is 56.2 Å². The van der Waals surface area contributed by atoms with Gasteiger partial charge in [0.15, 0.2) is 5.65 Å².